The Kier molecular flexibility index (Phi) is 4.64. The van der Waals surface area contributed by atoms with Crippen LogP contribution in [0.3, 0.4) is 0 Å². The maximum absolute atomic E-state index is 9.54. The molecule has 0 amide bonds. The summed E-state index contributed by atoms with van der Waals surface area (Å²) in [6.07, 6.45) is 3.92. The highest BCUT2D eigenvalue weighted by Crippen LogP contribution is 2.26. The van der Waals surface area contributed by atoms with Gasteiger partial charge in [-0.2, -0.15) is 0 Å². The zero-order valence-electron chi connectivity index (χ0n) is 12.1. The van der Waals surface area contributed by atoms with E-state index in [4.69, 9.17) is 4.74 Å². The number of ether oxygens (including phenoxy) is 1. The molecule has 0 aromatic heterocycles. The van der Waals surface area contributed by atoms with Crippen molar-refractivity contribution in [3.63, 3.8) is 0 Å². The second-order valence-corrected chi connectivity index (χ2v) is 6.42. The highest BCUT2D eigenvalue weighted by Gasteiger charge is 2.35. The fourth-order valence-electron chi connectivity index (χ4n) is 2.98. The second-order valence-electron chi connectivity index (χ2n) is 6.42. The molecule has 0 aromatic rings. The summed E-state index contributed by atoms with van der Waals surface area (Å²) in [7, 11) is 2.12. The fraction of sp³-hybridized carbons (Fsp3) is 1.00. The number of aliphatic hydroxyl groups is 1. The van der Waals surface area contributed by atoms with E-state index < -0.39 is 0 Å². The predicted molar refractivity (Wildman–Crippen MR) is 72.7 cm³/mol. The standard InChI is InChI=1S/C14H28N2O2/c1-14(2)6-7-15(3)12(11-17)9-16(14)10-13-5-4-8-18-13/h12-13,17H,4-11H2,1-3H3. The number of rotatable bonds is 3. The van der Waals surface area contributed by atoms with Crippen LogP contribution < -0.4 is 0 Å². The average Bonchev–Trinajstić information content (AvgIpc) is 2.80. The number of likely N-dealkylation sites (N-methyl/N-ethyl adjacent to an activating group) is 1. The van der Waals surface area contributed by atoms with Crippen LogP contribution in [0.1, 0.15) is 33.1 Å². The van der Waals surface area contributed by atoms with Gasteiger partial charge in [-0.05, 0) is 40.2 Å². The molecule has 0 radical (unpaired) electrons. The lowest BCUT2D eigenvalue weighted by Gasteiger charge is -2.39. The third-order valence-corrected chi connectivity index (χ3v) is 4.65. The monoisotopic (exact) mass is 256 g/mol. The van der Waals surface area contributed by atoms with Crippen LogP contribution in [-0.2, 0) is 4.74 Å². The molecule has 18 heavy (non-hydrogen) atoms. The van der Waals surface area contributed by atoms with Gasteiger partial charge in [0.1, 0.15) is 0 Å². The van der Waals surface area contributed by atoms with Crippen LogP contribution in [0.5, 0.6) is 0 Å². The Morgan fingerprint density at radius 2 is 2.17 bits per heavy atom. The summed E-state index contributed by atoms with van der Waals surface area (Å²) in [4.78, 5) is 4.81. The average molecular weight is 256 g/mol. The summed E-state index contributed by atoms with van der Waals surface area (Å²) in [5, 5.41) is 9.54. The van der Waals surface area contributed by atoms with Crippen molar-refractivity contribution in [2.75, 3.05) is 39.9 Å². The summed E-state index contributed by atoms with van der Waals surface area (Å²) < 4.78 is 5.77. The van der Waals surface area contributed by atoms with Gasteiger partial charge in [-0.3, -0.25) is 9.80 Å². The Morgan fingerprint density at radius 3 is 2.78 bits per heavy atom. The predicted octanol–water partition coefficient (Wildman–Crippen LogP) is 0.942. The van der Waals surface area contributed by atoms with Crippen molar-refractivity contribution in [3.8, 4) is 0 Å². The van der Waals surface area contributed by atoms with Gasteiger partial charge in [0, 0.05) is 37.8 Å². The van der Waals surface area contributed by atoms with Gasteiger partial charge in [-0.25, -0.2) is 0 Å². The van der Waals surface area contributed by atoms with Crippen molar-refractivity contribution in [2.24, 2.45) is 0 Å². The fourth-order valence-corrected chi connectivity index (χ4v) is 2.98. The molecule has 0 saturated carbocycles. The van der Waals surface area contributed by atoms with Gasteiger partial charge in [0.25, 0.3) is 0 Å². The van der Waals surface area contributed by atoms with Crippen molar-refractivity contribution in [3.05, 3.63) is 0 Å². The molecule has 2 saturated heterocycles. The maximum Gasteiger partial charge on any atom is 0.0703 e. The summed E-state index contributed by atoms with van der Waals surface area (Å²) in [5.41, 5.74) is 0.199. The summed E-state index contributed by atoms with van der Waals surface area (Å²) in [6.45, 7) is 8.80. The lowest BCUT2D eigenvalue weighted by Crippen LogP contribution is -2.50. The van der Waals surface area contributed by atoms with Gasteiger partial charge in [-0.15, -0.1) is 0 Å². The Morgan fingerprint density at radius 1 is 1.39 bits per heavy atom. The van der Waals surface area contributed by atoms with Gasteiger partial charge in [0.05, 0.1) is 12.7 Å². The van der Waals surface area contributed by atoms with Crippen LogP contribution in [0.15, 0.2) is 0 Å². The minimum Gasteiger partial charge on any atom is -0.395 e. The van der Waals surface area contributed by atoms with E-state index in [-0.39, 0.29) is 18.2 Å². The number of aliphatic hydroxyl groups excluding tert-OH is 1. The Hall–Kier alpha value is -0.160. The topological polar surface area (TPSA) is 35.9 Å². The van der Waals surface area contributed by atoms with Gasteiger partial charge in [0.15, 0.2) is 0 Å². The number of hydrogen-bond acceptors (Lipinski definition) is 4. The van der Waals surface area contributed by atoms with E-state index >= 15 is 0 Å². The molecule has 2 fully saturated rings. The molecular formula is C14H28N2O2. The molecule has 4 heteroatoms. The van der Waals surface area contributed by atoms with Crippen molar-refractivity contribution < 1.29 is 9.84 Å². The van der Waals surface area contributed by atoms with Crippen LogP contribution in [0.25, 0.3) is 0 Å². The van der Waals surface area contributed by atoms with Crippen LogP contribution in [-0.4, -0.2) is 72.5 Å². The van der Waals surface area contributed by atoms with Crippen LogP contribution in [0.2, 0.25) is 0 Å². The molecule has 2 aliphatic rings. The van der Waals surface area contributed by atoms with Gasteiger partial charge in [0.2, 0.25) is 0 Å². The third kappa shape index (κ3) is 3.23. The minimum absolute atomic E-state index is 0.199. The minimum atomic E-state index is 0.199. The van der Waals surface area contributed by atoms with Crippen molar-refractivity contribution in [1.82, 2.24) is 9.80 Å². The molecule has 4 nitrogen and oxygen atoms in total. The van der Waals surface area contributed by atoms with Crippen molar-refractivity contribution in [1.29, 1.82) is 0 Å². The Balaban J connectivity index is 2.02. The van der Waals surface area contributed by atoms with Crippen molar-refractivity contribution >= 4 is 0 Å². The third-order valence-electron chi connectivity index (χ3n) is 4.65. The molecule has 0 bridgehead atoms. The van der Waals surface area contributed by atoms with E-state index in [1.165, 1.54) is 12.8 Å². The largest absolute Gasteiger partial charge is 0.395 e. The quantitative estimate of drug-likeness (QED) is 0.815. The first kappa shape index (κ1) is 14.3. The van der Waals surface area contributed by atoms with Crippen molar-refractivity contribution in [2.45, 2.75) is 50.8 Å². The molecule has 2 aliphatic heterocycles. The highest BCUT2D eigenvalue weighted by molar-refractivity contribution is 4.91. The van der Waals surface area contributed by atoms with E-state index in [1.807, 2.05) is 0 Å². The second kappa shape index (κ2) is 5.87. The van der Waals surface area contributed by atoms with Crippen LogP contribution >= 0.6 is 0 Å². The summed E-state index contributed by atoms with van der Waals surface area (Å²) in [5.74, 6) is 0. The molecule has 1 N–H and O–H groups in total. The molecule has 2 rings (SSSR count). The molecule has 0 aliphatic carbocycles. The van der Waals surface area contributed by atoms with E-state index in [2.05, 4.69) is 30.7 Å². The first-order valence-electron chi connectivity index (χ1n) is 7.20. The van der Waals surface area contributed by atoms with Gasteiger partial charge >= 0.3 is 0 Å². The lowest BCUT2D eigenvalue weighted by molar-refractivity contribution is 0.0251. The first-order chi connectivity index (χ1) is 8.53. The smallest absolute Gasteiger partial charge is 0.0703 e. The van der Waals surface area contributed by atoms with E-state index in [1.54, 1.807) is 0 Å². The lowest BCUT2D eigenvalue weighted by atomic mass is 9.97. The molecular weight excluding hydrogens is 228 g/mol. The zero-order valence-corrected chi connectivity index (χ0v) is 12.1. The van der Waals surface area contributed by atoms with Gasteiger partial charge < -0.3 is 9.84 Å². The maximum atomic E-state index is 9.54. The Labute approximate surface area is 111 Å². The van der Waals surface area contributed by atoms with E-state index in [0.717, 1.165) is 32.7 Å². The number of nitrogens with zero attached hydrogens (tertiary/aromatic N) is 2. The zero-order chi connectivity index (χ0) is 13.2. The molecule has 2 unspecified atom stereocenters. The SMILES string of the molecule is CN1CCC(C)(C)N(CC2CCCO2)CC1CO. The highest BCUT2D eigenvalue weighted by atomic mass is 16.5. The molecule has 0 spiro atoms. The summed E-state index contributed by atoms with van der Waals surface area (Å²) >= 11 is 0. The first-order valence-corrected chi connectivity index (χ1v) is 7.20. The normalized spacial score (nSPS) is 34.7. The van der Waals surface area contributed by atoms with Crippen LogP contribution in [0, 0.1) is 0 Å². The summed E-state index contributed by atoms with van der Waals surface area (Å²) in [6, 6.07) is 0.258. The van der Waals surface area contributed by atoms with Crippen LogP contribution in [0.4, 0.5) is 0 Å². The molecule has 106 valence electrons. The molecule has 2 atom stereocenters. The number of hydrogen-bond donors (Lipinski definition) is 1. The Bertz CT molecular complexity index is 265. The molecule has 2 heterocycles. The van der Waals surface area contributed by atoms with Gasteiger partial charge in [-0.1, -0.05) is 0 Å². The van der Waals surface area contributed by atoms with E-state index in [0.29, 0.717) is 6.10 Å². The van der Waals surface area contributed by atoms with E-state index in [9.17, 15) is 5.11 Å². The molecule has 0 aromatic carbocycles.